The number of nitrogens with one attached hydrogen (secondary N) is 1. The predicted molar refractivity (Wildman–Crippen MR) is 63.8 cm³/mol. The van der Waals surface area contributed by atoms with Crippen LogP contribution in [-0.4, -0.2) is 16.1 Å². The van der Waals surface area contributed by atoms with E-state index in [1.54, 1.807) is 24.3 Å². The third-order valence-corrected chi connectivity index (χ3v) is 2.43. The van der Waals surface area contributed by atoms with Crippen molar-refractivity contribution in [3.05, 3.63) is 45.7 Å². The van der Waals surface area contributed by atoms with Crippen LogP contribution in [0.4, 0.5) is 0 Å². The average molecular weight is 227 g/mol. The van der Waals surface area contributed by atoms with E-state index in [0.717, 1.165) is 5.39 Å². The molecule has 2 N–H and O–H groups in total. The van der Waals surface area contributed by atoms with Crippen LogP contribution in [0.2, 0.25) is 0 Å². The van der Waals surface area contributed by atoms with E-state index >= 15 is 0 Å². The molecule has 1 aromatic heterocycles. The normalized spacial score (nSPS) is 10.1. The fourth-order valence-electron chi connectivity index (χ4n) is 1.64. The molecule has 0 aliphatic carbocycles. The zero-order valence-corrected chi connectivity index (χ0v) is 8.86. The number of hydrogen-bond donors (Lipinski definition) is 2. The predicted octanol–water partition coefficient (Wildman–Crippen LogP) is 1.14. The van der Waals surface area contributed by atoms with Crippen LogP contribution in [-0.2, 0) is 11.2 Å². The second-order valence-corrected chi connectivity index (χ2v) is 3.64. The largest absolute Gasteiger partial charge is 0.481 e. The summed E-state index contributed by atoms with van der Waals surface area (Å²) in [6.45, 7) is 0. The summed E-state index contributed by atoms with van der Waals surface area (Å²) in [5, 5.41) is 9.41. The standard InChI is InChI=1S/C13H9NO3/c1-2-8-3-4-11-9(5-8)6-10(7-12(15)16)13(17)14-11/h1,3-6H,7H2,(H,14,17)(H,15,16). The molecule has 0 unspecified atom stereocenters. The summed E-state index contributed by atoms with van der Waals surface area (Å²) in [5.74, 6) is 1.45. The van der Waals surface area contributed by atoms with Crippen molar-refractivity contribution in [1.29, 1.82) is 0 Å². The van der Waals surface area contributed by atoms with Gasteiger partial charge in [0.1, 0.15) is 0 Å². The number of carboxylic acids is 1. The smallest absolute Gasteiger partial charge is 0.308 e. The van der Waals surface area contributed by atoms with Crippen LogP contribution in [0.25, 0.3) is 10.9 Å². The molecule has 0 atom stereocenters. The minimum Gasteiger partial charge on any atom is -0.481 e. The molecule has 0 bridgehead atoms. The first-order valence-electron chi connectivity index (χ1n) is 4.94. The van der Waals surface area contributed by atoms with Crippen molar-refractivity contribution in [2.45, 2.75) is 6.42 Å². The number of rotatable bonds is 2. The molecule has 0 spiro atoms. The molecule has 2 aromatic rings. The van der Waals surface area contributed by atoms with Crippen molar-refractivity contribution in [3.63, 3.8) is 0 Å². The number of pyridine rings is 1. The minimum absolute atomic E-state index is 0.221. The van der Waals surface area contributed by atoms with Crippen LogP contribution in [0.1, 0.15) is 11.1 Å². The molecule has 0 saturated carbocycles. The maximum absolute atomic E-state index is 11.6. The van der Waals surface area contributed by atoms with E-state index in [2.05, 4.69) is 10.9 Å². The third-order valence-electron chi connectivity index (χ3n) is 2.43. The van der Waals surface area contributed by atoms with Gasteiger partial charge in [-0.05, 0) is 29.7 Å². The van der Waals surface area contributed by atoms with Gasteiger partial charge in [-0.1, -0.05) is 5.92 Å². The maximum atomic E-state index is 11.6. The molecule has 84 valence electrons. The van der Waals surface area contributed by atoms with E-state index in [0.29, 0.717) is 11.1 Å². The molecule has 1 heterocycles. The van der Waals surface area contributed by atoms with Crippen molar-refractivity contribution in [1.82, 2.24) is 4.98 Å². The van der Waals surface area contributed by atoms with E-state index in [4.69, 9.17) is 11.5 Å². The summed E-state index contributed by atoms with van der Waals surface area (Å²) in [6.07, 6.45) is 4.97. The van der Waals surface area contributed by atoms with Gasteiger partial charge in [0.25, 0.3) is 5.56 Å². The van der Waals surface area contributed by atoms with E-state index in [-0.39, 0.29) is 17.5 Å². The lowest BCUT2D eigenvalue weighted by Gasteiger charge is -2.01. The Morgan fingerprint density at radius 2 is 2.18 bits per heavy atom. The summed E-state index contributed by atoms with van der Waals surface area (Å²) in [6, 6.07) is 6.71. The van der Waals surface area contributed by atoms with Crippen molar-refractivity contribution in [3.8, 4) is 12.3 Å². The Labute approximate surface area is 96.9 Å². The first-order valence-corrected chi connectivity index (χ1v) is 4.94. The Balaban J connectivity index is 2.65. The number of aromatic amines is 1. The van der Waals surface area contributed by atoms with Crippen LogP contribution in [0.15, 0.2) is 29.1 Å². The number of aliphatic carboxylic acids is 1. The highest BCUT2D eigenvalue weighted by Gasteiger charge is 2.07. The zero-order chi connectivity index (χ0) is 12.4. The fraction of sp³-hybridized carbons (Fsp3) is 0.0769. The van der Waals surface area contributed by atoms with Crippen molar-refractivity contribution >= 4 is 16.9 Å². The highest BCUT2D eigenvalue weighted by Crippen LogP contribution is 2.13. The molecular formula is C13H9NO3. The van der Waals surface area contributed by atoms with Gasteiger partial charge in [0.05, 0.1) is 6.42 Å². The molecule has 1 aromatic carbocycles. The fourth-order valence-corrected chi connectivity index (χ4v) is 1.64. The lowest BCUT2D eigenvalue weighted by atomic mass is 10.1. The summed E-state index contributed by atoms with van der Waals surface area (Å²) >= 11 is 0. The Morgan fingerprint density at radius 3 is 2.82 bits per heavy atom. The van der Waals surface area contributed by atoms with Gasteiger partial charge in [0, 0.05) is 16.6 Å². The van der Waals surface area contributed by atoms with E-state index < -0.39 is 5.97 Å². The molecule has 0 amide bonds. The Bertz CT molecular complexity index is 692. The van der Waals surface area contributed by atoms with Gasteiger partial charge in [0.15, 0.2) is 0 Å². The maximum Gasteiger partial charge on any atom is 0.308 e. The van der Waals surface area contributed by atoms with Gasteiger partial charge < -0.3 is 10.1 Å². The molecule has 4 nitrogen and oxygen atoms in total. The number of benzene rings is 1. The minimum atomic E-state index is -1.04. The lowest BCUT2D eigenvalue weighted by molar-refractivity contribution is -0.136. The van der Waals surface area contributed by atoms with Gasteiger partial charge in [-0.25, -0.2) is 0 Å². The molecule has 0 aliphatic rings. The summed E-state index contributed by atoms with van der Waals surface area (Å²) in [5.41, 5.74) is 1.17. The second kappa shape index (κ2) is 4.14. The highest BCUT2D eigenvalue weighted by molar-refractivity contribution is 5.81. The molecular weight excluding hydrogens is 218 g/mol. The third kappa shape index (κ3) is 2.18. The summed E-state index contributed by atoms with van der Waals surface area (Å²) < 4.78 is 0. The molecule has 0 fully saturated rings. The molecule has 17 heavy (non-hydrogen) atoms. The van der Waals surface area contributed by atoms with E-state index in [9.17, 15) is 9.59 Å². The first kappa shape index (κ1) is 11.0. The van der Waals surface area contributed by atoms with Gasteiger partial charge >= 0.3 is 5.97 Å². The van der Waals surface area contributed by atoms with Gasteiger partial charge in [-0.3, -0.25) is 9.59 Å². The molecule has 0 aliphatic heterocycles. The quantitative estimate of drug-likeness (QED) is 0.756. The zero-order valence-electron chi connectivity index (χ0n) is 8.86. The highest BCUT2D eigenvalue weighted by atomic mass is 16.4. The van der Waals surface area contributed by atoms with Gasteiger partial charge in [-0.15, -0.1) is 6.42 Å². The number of H-pyrrole nitrogens is 1. The SMILES string of the molecule is C#Cc1ccc2[nH]c(=O)c(CC(=O)O)cc2c1. The molecule has 0 saturated heterocycles. The second-order valence-electron chi connectivity index (χ2n) is 3.64. The Kier molecular flexibility index (Phi) is 2.67. The van der Waals surface area contributed by atoms with Crippen LogP contribution in [0.5, 0.6) is 0 Å². The number of fused-ring (bicyclic) bond motifs is 1. The van der Waals surface area contributed by atoms with Crippen molar-refractivity contribution in [2.75, 3.05) is 0 Å². The number of carboxylic acid groups (broad SMARTS) is 1. The molecule has 0 radical (unpaired) electrons. The Hall–Kier alpha value is -2.54. The average Bonchev–Trinajstić information content (AvgIpc) is 2.29. The monoisotopic (exact) mass is 227 g/mol. The van der Waals surface area contributed by atoms with Crippen molar-refractivity contribution < 1.29 is 9.90 Å². The number of carbonyl (C=O) groups is 1. The summed E-state index contributed by atoms with van der Waals surface area (Å²) in [7, 11) is 0. The van der Waals surface area contributed by atoms with E-state index in [1.807, 2.05) is 0 Å². The molecule has 4 heteroatoms. The van der Waals surface area contributed by atoms with Gasteiger partial charge in [0.2, 0.25) is 0 Å². The van der Waals surface area contributed by atoms with Crippen LogP contribution < -0.4 is 5.56 Å². The number of aromatic nitrogens is 1. The lowest BCUT2D eigenvalue weighted by Crippen LogP contribution is -2.15. The number of hydrogen-bond acceptors (Lipinski definition) is 2. The van der Waals surface area contributed by atoms with E-state index in [1.165, 1.54) is 0 Å². The van der Waals surface area contributed by atoms with Crippen molar-refractivity contribution in [2.24, 2.45) is 0 Å². The van der Waals surface area contributed by atoms with Gasteiger partial charge in [-0.2, -0.15) is 0 Å². The van der Waals surface area contributed by atoms with Crippen LogP contribution >= 0.6 is 0 Å². The summed E-state index contributed by atoms with van der Waals surface area (Å²) in [4.78, 5) is 24.8. The Morgan fingerprint density at radius 1 is 1.41 bits per heavy atom. The first-order chi connectivity index (χ1) is 8.10. The van der Waals surface area contributed by atoms with Crippen LogP contribution in [0, 0.1) is 12.3 Å². The number of terminal acetylenes is 1. The van der Waals surface area contributed by atoms with Crippen LogP contribution in [0.3, 0.4) is 0 Å². The topological polar surface area (TPSA) is 70.2 Å². The molecule has 2 rings (SSSR count).